The van der Waals surface area contributed by atoms with Crippen LogP contribution in [0.15, 0.2) is 23.2 Å². The number of nitrogens with zero attached hydrogens (tertiary/aromatic N) is 2. The van der Waals surface area contributed by atoms with Gasteiger partial charge >= 0.3 is 6.09 Å². The van der Waals surface area contributed by atoms with E-state index in [4.69, 9.17) is 9.84 Å². The first kappa shape index (κ1) is 18.6. The summed E-state index contributed by atoms with van der Waals surface area (Å²) in [6.45, 7) is 0. The van der Waals surface area contributed by atoms with Gasteiger partial charge in [0.2, 0.25) is 0 Å². The largest absolute Gasteiger partial charge is 0.465 e. The quantitative estimate of drug-likeness (QED) is 0.612. The lowest BCUT2D eigenvalue weighted by molar-refractivity contribution is -0.385. The predicted octanol–water partition coefficient (Wildman–Crippen LogP) is 3.11. The van der Waals surface area contributed by atoms with Gasteiger partial charge < -0.3 is 9.84 Å². The molecule has 0 aromatic heterocycles. The maximum absolute atomic E-state index is 14.7. The average molecular weight is 383 g/mol. The van der Waals surface area contributed by atoms with Gasteiger partial charge in [-0.05, 0) is 25.3 Å². The zero-order valence-corrected chi connectivity index (χ0v) is 14.8. The number of halogens is 1. The average Bonchev–Trinajstić information content (AvgIpc) is 2.60. The smallest absolute Gasteiger partial charge is 0.410 e. The Kier molecular flexibility index (Phi) is 5.15. The van der Waals surface area contributed by atoms with Crippen LogP contribution in [0.1, 0.15) is 24.8 Å². The second kappa shape index (κ2) is 7.20. The number of hydrogen-bond donors (Lipinski definition) is 2. The fourth-order valence-electron chi connectivity index (χ4n) is 3.70. The van der Waals surface area contributed by atoms with Crippen molar-refractivity contribution in [1.82, 2.24) is 5.32 Å². The summed E-state index contributed by atoms with van der Waals surface area (Å²) in [5.74, 6) is -0.190. The van der Waals surface area contributed by atoms with Crippen LogP contribution >= 0.6 is 11.8 Å². The molecule has 0 bridgehead atoms. The van der Waals surface area contributed by atoms with E-state index in [-0.39, 0.29) is 28.4 Å². The van der Waals surface area contributed by atoms with Crippen molar-refractivity contribution >= 4 is 28.7 Å². The summed E-state index contributed by atoms with van der Waals surface area (Å²) in [6, 6.07) is 3.40. The number of amidine groups is 1. The number of carboxylic acid groups (broad SMARTS) is 1. The number of thioether (sulfide) groups is 1. The number of benzene rings is 1. The number of aliphatic imine (C=N–C) groups is 1. The van der Waals surface area contributed by atoms with E-state index in [0.717, 1.165) is 12.1 Å². The van der Waals surface area contributed by atoms with Gasteiger partial charge in [-0.3, -0.25) is 20.4 Å². The first-order valence-electron chi connectivity index (χ1n) is 8.05. The Labute approximate surface area is 153 Å². The Hall–Kier alpha value is -2.20. The number of nitrogens with one attached hydrogen (secondary N) is 1. The molecule has 140 valence electrons. The molecule has 1 saturated carbocycles. The van der Waals surface area contributed by atoms with Crippen LogP contribution in [0.25, 0.3) is 0 Å². The molecule has 1 aliphatic heterocycles. The Balaban J connectivity index is 2.11. The molecular formula is C16H18FN3O5S. The molecule has 1 heterocycles. The molecule has 1 fully saturated rings. The standard InChI is InChI=1S/C16H18FN3O5S/c1-25-11-4-5-16(12-7-10(20(23)24)2-3-13(12)17)9(6-11)8-26-14(19-16)18-15(21)22/h2-3,7,9,11H,4-6,8H2,1H3,(H,18,19)(H,21,22)/t9-,11+,16-/m0/s1. The Morgan fingerprint density at radius 2 is 2.35 bits per heavy atom. The molecule has 0 saturated heterocycles. The topological polar surface area (TPSA) is 114 Å². The van der Waals surface area contributed by atoms with E-state index >= 15 is 0 Å². The Morgan fingerprint density at radius 1 is 1.58 bits per heavy atom. The van der Waals surface area contributed by atoms with Crippen LogP contribution in [0.2, 0.25) is 0 Å². The molecule has 0 radical (unpaired) electrons. The molecule has 3 rings (SSSR count). The van der Waals surface area contributed by atoms with Crippen molar-refractivity contribution in [1.29, 1.82) is 0 Å². The molecule has 1 amide bonds. The fraction of sp³-hybridized carbons (Fsp3) is 0.500. The maximum Gasteiger partial charge on any atom is 0.410 e. The van der Waals surface area contributed by atoms with Crippen LogP contribution in [-0.4, -0.2) is 40.3 Å². The van der Waals surface area contributed by atoms with Crippen LogP contribution in [0.3, 0.4) is 0 Å². The second-order valence-corrected chi connectivity index (χ2v) is 7.34. The minimum absolute atomic E-state index is 0.000308. The van der Waals surface area contributed by atoms with Crippen molar-refractivity contribution in [2.45, 2.75) is 30.9 Å². The first-order valence-corrected chi connectivity index (χ1v) is 9.04. The molecule has 2 N–H and O–H groups in total. The van der Waals surface area contributed by atoms with Crippen molar-refractivity contribution < 1.29 is 24.0 Å². The lowest BCUT2D eigenvalue weighted by atomic mass is 9.68. The maximum atomic E-state index is 14.7. The van der Waals surface area contributed by atoms with Gasteiger partial charge in [-0.25, -0.2) is 9.18 Å². The van der Waals surface area contributed by atoms with Gasteiger partial charge in [0.1, 0.15) is 5.82 Å². The molecule has 3 atom stereocenters. The number of fused-ring (bicyclic) bond motifs is 1. The summed E-state index contributed by atoms with van der Waals surface area (Å²) in [7, 11) is 1.61. The third-order valence-corrected chi connectivity index (χ3v) is 6.00. The molecular weight excluding hydrogens is 365 g/mol. The lowest BCUT2D eigenvalue weighted by Crippen LogP contribution is -2.47. The Morgan fingerprint density at radius 3 is 3.00 bits per heavy atom. The molecule has 1 aliphatic carbocycles. The monoisotopic (exact) mass is 383 g/mol. The van der Waals surface area contributed by atoms with E-state index in [1.54, 1.807) is 7.11 Å². The van der Waals surface area contributed by atoms with Gasteiger partial charge in [0.05, 0.1) is 16.6 Å². The number of non-ortho nitro benzene ring substituents is 1. The van der Waals surface area contributed by atoms with Crippen LogP contribution < -0.4 is 5.32 Å². The normalized spacial score (nSPS) is 28.0. The van der Waals surface area contributed by atoms with Gasteiger partial charge in [-0.15, -0.1) is 0 Å². The number of hydrogen-bond acceptors (Lipinski definition) is 6. The lowest BCUT2D eigenvalue weighted by Gasteiger charge is -2.46. The summed E-state index contributed by atoms with van der Waals surface area (Å²) < 4.78 is 20.1. The molecule has 8 nitrogen and oxygen atoms in total. The van der Waals surface area contributed by atoms with E-state index in [9.17, 15) is 19.3 Å². The molecule has 10 heteroatoms. The molecule has 26 heavy (non-hydrogen) atoms. The summed E-state index contributed by atoms with van der Waals surface area (Å²) in [5.41, 5.74) is -1.13. The minimum Gasteiger partial charge on any atom is -0.465 e. The first-order chi connectivity index (χ1) is 12.4. The highest BCUT2D eigenvalue weighted by molar-refractivity contribution is 8.13. The van der Waals surface area contributed by atoms with E-state index < -0.39 is 22.4 Å². The molecule has 1 aromatic rings. The highest BCUT2D eigenvalue weighted by Crippen LogP contribution is 2.50. The van der Waals surface area contributed by atoms with E-state index in [1.807, 2.05) is 0 Å². The molecule has 1 aromatic carbocycles. The highest BCUT2D eigenvalue weighted by Gasteiger charge is 2.49. The number of methoxy groups -OCH3 is 1. The van der Waals surface area contributed by atoms with Crippen molar-refractivity contribution in [2.75, 3.05) is 12.9 Å². The molecule has 0 spiro atoms. The highest BCUT2D eigenvalue weighted by atomic mass is 32.2. The van der Waals surface area contributed by atoms with Gasteiger partial charge in [-0.1, -0.05) is 11.8 Å². The second-order valence-electron chi connectivity index (χ2n) is 6.33. The summed E-state index contributed by atoms with van der Waals surface area (Å²) in [6.07, 6.45) is 0.383. The third kappa shape index (κ3) is 3.38. The molecule has 2 aliphatic rings. The number of nitro benzene ring substituents is 1. The van der Waals surface area contributed by atoms with Crippen LogP contribution in [0.5, 0.6) is 0 Å². The van der Waals surface area contributed by atoms with Crippen molar-refractivity contribution in [3.63, 3.8) is 0 Å². The summed E-state index contributed by atoms with van der Waals surface area (Å²) in [5, 5.41) is 22.5. The number of nitro groups is 1. The number of carbonyl (C=O) groups is 1. The van der Waals surface area contributed by atoms with Gasteiger partial charge in [0.25, 0.3) is 5.69 Å². The SMILES string of the molecule is CO[C@@H]1CC[C@]2(c3cc([N+](=O)[O-])ccc3F)N=C(NC(=O)O)SC[C@@H]2C1. The van der Waals surface area contributed by atoms with Crippen LogP contribution in [0, 0.1) is 21.8 Å². The van der Waals surface area contributed by atoms with E-state index in [2.05, 4.69) is 10.3 Å². The van der Waals surface area contributed by atoms with E-state index in [1.165, 1.54) is 17.8 Å². The minimum atomic E-state index is -1.25. The third-order valence-electron chi connectivity index (χ3n) is 4.97. The van der Waals surface area contributed by atoms with E-state index in [0.29, 0.717) is 25.0 Å². The number of ether oxygens (including phenoxy) is 1. The number of amides is 1. The summed E-state index contributed by atoms with van der Waals surface area (Å²) >= 11 is 1.25. The van der Waals surface area contributed by atoms with Crippen molar-refractivity contribution in [2.24, 2.45) is 10.9 Å². The fourth-order valence-corrected chi connectivity index (χ4v) is 4.86. The Bertz CT molecular complexity index is 774. The predicted molar refractivity (Wildman–Crippen MR) is 93.9 cm³/mol. The van der Waals surface area contributed by atoms with Crippen LogP contribution in [0.4, 0.5) is 14.9 Å². The van der Waals surface area contributed by atoms with Crippen molar-refractivity contribution in [3.05, 3.63) is 39.7 Å². The summed E-state index contributed by atoms with van der Waals surface area (Å²) in [4.78, 5) is 26.1. The number of rotatable bonds is 3. The zero-order chi connectivity index (χ0) is 18.9. The molecule has 0 unspecified atom stereocenters. The van der Waals surface area contributed by atoms with Gasteiger partial charge in [-0.2, -0.15) is 0 Å². The zero-order valence-electron chi connectivity index (χ0n) is 14.0. The van der Waals surface area contributed by atoms with Crippen molar-refractivity contribution in [3.8, 4) is 0 Å². The van der Waals surface area contributed by atoms with Gasteiger partial charge in [0.15, 0.2) is 5.17 Å². The van der Waals surface area contributed by atoms with Gasteiger partial charge in [0, 0.05) is 36.5 Å². The van der Waals surface area contributed by atoms with Crippen LogP contribution in [-0.2, 0) is 10.3 Å².